The first kappa shape index (κ1) is 12.1. The fourth-order valence-corrected chi connectivity index (χ4v) is 1.80. The van der Waals surface area contributed by atoms with Gasteiger partial charge in [0.05, 0.1) is 0 Å². The summed E-state index contributed by atoms with van der Waals surface area (Å²) in [6.45, 7) is 4.19. The third kappa shape index (κ3) is 2.16. The van der Waals surface area contributed by atoms with Gasteiger partial charge in [0.1, 0.15) is 0 Å². The van der Waals surface area contributed by atoms with E-state index in [0.717, 1.165) is 13.0 Å². The van der Waals surface area contributed by atoms with E-state index in [4.69, 9.17) is 0 Å². The highest BCUT2D eigenvalue weighted by Crippen LogP contribution is 2.59. The lowest BCUT2D eigenvalue weighted by Gasteiger charge is -2.06. The first-order chi connectivity index (χ1) is 6.58. The maximum atomic E-state index is 12.2. The Balaban J connectivity index is 2.83. The Labute approximate surface area is 85.8 Å². The zero-order valence-electron chi connectivity index (χ0n) is 8.68. The standard InChI is InChI=1S/C10H13F3O2/c1-5(10(11,12)13)4-6-7(8(14)15)9(6,2)3/h4,6-7H,1-3H3,(H,14,15)/p-1/b5-4+. The van der Waals surface area contributed by atoms with Crippen LogP contribution in [-0.4, -0.2) is 12.1 Å². The second kappa shape index (κ2) is 3.25. The molecule has 2 unspecified atom stereocenters. The molecule has 0 spiro atoms. The Hall–Kier alpha value is -1.00. The number of halogens is 3. The van der Waals surface area contributed by atoms with Crippen LogP contribution < -0.4 is 5.11 Å². The smallest absolute Gasteiger partial charge is 0.412 e. The van der Waals surface area contributed by atoms with Crippen LogP contribution in [0.2, 0.25) is 0 Å². The number of carbonyl (C=O) groups excluding carboxylic acids is 1. The van der Waals surface area contributed by atoms with Crippen LogP contribution in [0.1, 0.15) is 20.8 Å². The number of allylic oxidation sites excluding steroid dienone is 2. The van der Waals surface area contributed by atoms with Crippen LogP contribution in [-0.2, 0) is 4.79 Å². The van der Waals surface area contributed by atoms with E-state index < -0.39 is 35.0 Å². The van der Waals surface area contributed by atoms with Gasteiger partial charge < -0.3 is 9.90 Å². The minimum atomic E-state index is -4.38. The molecule has 1 aliphatic carbocycles. The molecule has 0 saturated heterocycles. The third-order valence-corrected chi connectivity index (χ3v) is 3.04. The Bertz CT molecular complexity index is 315. The molecule has 5 heteroatoms. The molecule has 86 valence electrons. The number of carboxylic acid groups (broad SMARTS) is 1. The highest BCUT2D eigenvalue weighted by molar-refractivity contribution is 5.74. The van der Waals surface area contributed by atoms with Crippen LogP contribution in [0.5, 0.6) is 0 Å². The van der Waals surface area contributed by atoms with E-state index in [-0.39, 0.29) is 0 Å². The Kier molecular flexibility index (Phi) is 2.62. The van der Waals surface area contributed by atoms with Gasteiger partial charge in [-0.25, -0.2) is 0 Å². The summed E-state index contributed by atoms with van der Waals surface area (Å²) in [7, 11) is 0. The van der Waals surface area contributed by atoms with Crippen molar-refractivity contribution < 1.29 is 23.1 Å². The van der Waals surface area contributed by atoms with Crippen molar-refractivity contribution in [2.24, 2.45) is 17.3 Å². The van der Waals surface area contributed by atoms with E-state index in [1.54, 1.807) is 13.8 Å². The maximum absolute atomic E-state index is 12.2. The number of alkyl halides is 3. The van der Waals surface area contributed by atoms with E-state index >= 15 is 0 Å². The van der Waals surface area contributed by atoms with Crippen molar-refractivity contribution >= 4 is 5.97 Å². The Morgan fingerprint density at radius 2 is 1.87 bits per heavy atom. The number of carbonyl (C=O) groups is 1. The maximum Gasteiger partial charge on any atom is 0.412 e. The molecule has 1 saturated carbocycles. The summed E-state index contributed by atoms with van der Waals surface area (Å²) < 4.78 is 36.6. The van der Waals surface area contributed by atoms with E-state index in [2.05, 4.69) is 0 Å². The Morgan fingerprint density at radius 3 is 2.13 bits per heavy atom. The number of hydrogen-bond acceptors (Lipinski definition) is 2. The Morgan fingerprint density at radius 1 is 1.40 bits per heavy atom. The first-order valence-electron chi connectivity index (χ1n) is 4.55. The molecular formula is C10H12F3O2-. The number of hydrogen-bond donors (Lipinski definition) is 0. The molecule has 0 N–H and O–H groups in total. The average molecular weight is 221 g/mol. The van der Waals surface area contributed by atoms with Crippen molar-refractivity contribution in [3.63, 3.8) is 0 Å². The molecule has 0 radical (unpaired) electrons. The fraction of sp³-hybridized carbons (Fsp3) is 0.700. The van der Waals surface area contributed by atoms with Gasteiger partial charge in [0.2, 0.25) is 0 Å². The minimum absolute atomic E-state index is 0.580. The summed E-state index contributed by atoms with van der Waals surface area (Å²) in [5.74, 6) is -2.67. The third-order valence-electron chi connectivity index (χ3n) is 3.04. The van der Waals surface area contributed by atoms with E-state index in [1.807, 2.05) is 0 Å². The molecule has 0 aromatic carbocycles. The van der Waals surface area contributed by atoms with Gasteiger partial charge in [-0.05, 0) is 18.3 Å². The number of aliphatic carboxylic acids is 1. The predicted molar refractivity (Wildman–Crippen MR) is 45.6 cm³/mol. The SMILES string of the molecule is C/C(=C\C1C(C(=O)[O-])C1(C)C)C(F)(F)F. The molecule has 0 aromatic rings. The van der Waals surface area contributed by atoms with Crippen molar-refractivity contribution in [3.8, 4) is 0 Å². The highest BCUT2D eigenvalue weighted by Gasteiger charge is 2.57. The van der Waals surface area contributed by atoms with Gasteiger partial charge in [-0.1, -0.05) is 19.9 Å². The summed E-state index contributed by atoms with van der Waals surface area (Å²) in [5.41, 5.74) is -1.38. The predicted octanol–water partition coefficient (Wildman–Crippen LogP) is 1.52. The second-order valence-corrected chi connectivity index (χ2v) is 4.49. The highest BCUT2D eigenvalue weighted by atomic mass is 19.4. The monoisotopic (exact) mass is 221 g/mol. The lowest BCUT2D eigenvalue weighted by atomic mass is 10.1. The zero-order valence-corrected chi connectivity index (χ0v) is 8.68. The lowest BCUT2D eigenvalue weighted by Crippen LogP contribution is -2.26. The molecule has 2 atom stereocenters. The normalized spacial score (nSPS) is 30.1. The van der Waals surface area contributed by atoms with Crippen LogP contribution >= 0.6 is 0 Å². The van der Waals surface area contributed by atoms with Gasteiger partial charge in [-0.2, -0.15) is 13.2 Å². The lowest BCUT2D eigenvalue weighted by molar-refractivity contribution is -0.309. The topological polar surface area (TPSA) is 40.1 Å². The van der Waals surface area contributed by atoms with Crippen LogP contribution in [0.25, 0.3) is 0 Å². The number of rotatable bonds is 2. The summed E-state index contributed by atoms with van der Waals surface area (Å²) in [5, 5.41) is 10.6. The molecule has 1 rings (SSSR count). The van der Waals surface area contributed by atoms with Gasteiger partial charge in [-0.3, -0.25) is 0 Å². The van der Waals surface area contributed by atoms with Gasteiger partial charge in [0, 0.05) is 17.5 Å². The van der Waals surface area contributed by atoms with Crippen molar-refractivity contribution in [2.45, 2.75) is 26.9 Å². The van der Waals surface area contributed by atoms with E-state index in [0.29, 0.717) is 0 Å². The second-order valence-electron chi connectivity index (χ2n) is 4.49. The fourth-order valence-electron chi connectivity index (χ4n) is 1.80. The largest absolute Gasteiger partial charge is 0.550 e. The minimum Gasteiger partial charge on any atom is -0.550 e. The summed E-state index contributed by atoms with van der Waals surface area (Å²) >= 11 is 0. The van der Waals surface area contributed by atoms with E-state index in [9.17, 15) is 23.1 Å². The molecule has 0 aliphatic heterocycles. The van der Waals surface area contributed by atoms with E-state index in [1.165, 1.54) is 0 Å². The molecule has 1 fully saturated rings. The molecule has 2 nitrogen and oxygen atoms in total. The van der Waals surface area contributed by atoms with Gasteiger partial charge in [0.15, 0.2) is 0 Å². The van der Waals surface area contributed by atoms with Crippen LogP contribution in [0.15, 0.2) is 11.6 Å². The molecule has 0 amide bonds. The molecule has 0 bridgehead atoms. The summed E-state index contributed by atoms with van der Waals surface area (Å²) in [6, 6.07) is 0. The van der Waals surface area contributed by atoms with Crippen LogP contribution in [0.3, 0.4) is 0 Å². The number of carboxylic acids is 1. The van der Waals surface area contributed by atoms with Gasteiger partial charge >= 0.3 is 6.18 Å². The van der Waals surface area contributed by atoms with Crippen LogP contribution in [0, 0.1) is 17.3 Å². The van der Waals surface area contributed by atoms with Gasteiger partial charge in [0.25, 0.3) is 0 Å². The molecule has 15 heavy (non-hydrogen) atoms. The quantitative estimate of drug-likeness (QED) is 0.663. The van der Waals surface area contributed by atoms with Crippen molar-refractivity contribution in [3.05, 3.63) is 11.6 Å². The first-order valence-corrected chi connectivity index (χ1v) is 4.55. The molecule has 1 aliphatic rings. The molecule has 0 heterocycles. The van der Waals surface area contributed by atoms with Crippen LogP contribution in [0.4, 0.5) is 13.2 Å². The van der Waals surface area contributed by atoms with Crippen molar-refractivity contribution in [1.29, 1.82) is 0 Å². The zero-order chi connectivity index (χ0) is 12.0. The van der Waals surface area contributed by atoms with Crippen molar-refractivity contribution in [2.75, 3.05) is 0 Å². The summed E-state index contributed by atoms with van der Waals surface area (Å²) in [4.78, 5) is 10.6. The summed E-state index contributed by atoms with van der Waals surface area (Å²) in [6.07, 6.45) is -3.39. The average Bonchev–Trinajstić information content (AvgIpc) is 2.50. The molecule has 0 aromatic heterocycles. The van der Waals surface area contributed by atoms with Crippen molar-refractivity contribution in [1.82, 2.24) is 0 Å². The van der Waals surface area contributed by atoms with Gasteiger partial charge in [-0.15, -0.1) is 0 Å². The molecular weight excluding hydrogens is 209 g/mol.